The first-order valence-electron chi connectivity index (χ1n) is 5.16. The highest BCUT2D eigenvalue weighted by atomic mass is 32.1. The lowest BCUT2D eigenvalue weighted by Crippen LogP contribution is -2.25. The summed E-state index contributed by atoms with van der Waals surface area (Å²) in [5.74, 6) is 1.27. The number of thiol groups is 1. The molecule has 1 unspecified atom stereocenters. The Labute approximate surface area is 96.7 Å². The Balaban J connectivity index is 2.51. The molecule has 0 aliphatic carbocycles. The van der Waals surface area contributed by atoms with Gasteiger partial charge in [0, 0.05) is 18.7 Å². The Morgan fingerprint density at radius 3 is 2.67 bits per heavy atom. The minimum atomic E-state index is -0.122. The van der Waals surface area contributed by atoms with E-state index in [-0.39, 0.29) is 5.82 Å². The molecule has 0 bridgehead atoms. The largest absolute Gasteiger partial charge is 0.302 e. The number of hydrogen-bond acceptors (Lipinski definition) is 2. The zero-order chi connectivity index (χ0) is 11.3. The van der Waals surface area contributed by atoms with E-state index in [0.29, 0.717) is 12.5 Å². The van der Waals surface area contributed by atoms with Crippen LogP contribution in [0.3, 0.4) is 0 Å². The predicted octanol–water partition coefficient (Wildman–Crippen LogP) is 2.82. The highest BCUT2D eigenvalue weighted by Gasteiger charge is 2.07. The molecule has 0 fully saturated rings. The molecule has 0 heterocycles. The molecular weight excluding hydrogens is 209 g/mol. The number of nitrogens with zero attached hydrogens (tertiary/aromatic N) is 1. The molecular formula is C12H18FNS. The SMILES string of the molecule is CC(CS)CN(C)Cc1ccccc1F. The van der Waals surface area contributed by atoms with Crippen LogP contribution in [0, 0.1) is 11.7 Å². The minimum Gasteiger partial charge on any atom is -0.302 e. The number of hydrogen-bond donors (Lipinski definition) is 1. The number of halogens is 1. The van der Waals surface area contributed by atoms with E-state index >= 15 is 0 Å². The van der Waals surface area contributed by atoms with Crippen molar-refractivity contribution in [3.8, 4) is 0 Å². The van der Waals surface area contributed by atoms with Gasteiger partial charge in [-0.2, -0.15) is 12.6 Å². The lowest BCUT2D eigenvalue weighted by atomic mass is 10.1. The molecule has 0 amide bonds. The molecule has 0 N–H and O–H groups in total. The van der Waals surface area contributed by atoms with Crippen molar-refractivity contribution in [2.75, 3.05) is 19.3 Å². The molecule has 15 heavy (non-hydrogen) atoms. The predicted molar refractivity (Wildman–Crippen MR) is 65.8 cm³/mol. The Morgan fingerprint density at radius 1 is 1.40 bits per heavy atom. The molecule has 1 nitrogen and oxygen atoms in total. The van der Waals surface area contributed by atoms with Crippen molar-refractivity contribution in [3.63, 3.8) is 0 Å². The van der Waals surface area contributed by atoms with Crippen molar-refractivity contribution in [2.24, 2.45) is 5.92 Å². The van der Waals surface area contributed by atoms with Gasteiger partial charge in [-0.3, -0.25) is 0 Å². The first kappa shape index (κ1) is 12.5. The zero-order valence-corrected chi connectivity index (χ0v) is 10.2. The van der Waals surface area contributed by atoms with Gasteiger partial charge in [0.2, 0.25) is 0 Å². The van der Waals surface area contributed by atoms with Crippen LogP contribution in [-0.2, 0) is 6.54 Å². The van der Waals surface area contributed by atoms with Crippen LogP contribution in [-0.4, -0.2) is 24.2 Å². The lowest BCUT2D eigenvalue weighted by molar-refractivity contribution is 0.286. The Kier molecular flexibility index (Phi) is 5.12. The highest BCUT2D eigenvalue weighted by molar-refractivity contribution is 7.80. The van der Waals surface area contributed by atoms with E-state index in [2.05, 4.69) is 24.5 Å². The van der Waals surface area contributed by atoms with Crippen LogP contribution in [0.2, 0.25) is 0 Å². The maximum absolute atomic E-state index is 13.3. The lowest BCUT2D eigenvalue weighted by Gasteiger charge is -2.20. The number of benzene rings is 1. The smallest absolute Gasteiger partial charge is 0.127 e. The molecule has 1 rings (SSSR count). The van der Waals surface area contributed by atoms with E-state index in [1.807, 2.05) is 19.2 Å². The van der Waals surface area contributed by atoms with E-state index in [4.69, 9.17) is 0 Å². The Morgan fingerprint density at radius 2 is 2.07 bits per heavy atom. The summed E-state index contributed by atoms with van der Waals surface area (Å²) in [7, 11) is 2.01. The summed E-state index contributed by atoms with van der Waals surface area (Å²) < 4.78 is 13.3. The summed E-state index contributed by atoms with van der Waals surface area (Å²) in [4.78, 5) is 2.12. The third kappa shape index (κ3) is 4.22. The summed E-state index contributed by atoms with van der Waals surface area (Å²) >= 11 is 4.24. The summed E-state index contributed by atoms with van der Waals surface area (Å²) in [6.45, 7) is 3.74. The molecule has 1 aromatic rings. The maximum atomic E-state index is 13.3. The van der Waals surface area contributed by atoms with Gasteiger partial charge in [-0.15, -0.1) is 0 Å². The first-order valence-corrected chi connectivity index (χ1v) is 5.79. The van der Waals surface area contributed by atoms with Crippen LogP contribution in [0.4, 0.5) is 4.39 Å². The van der Waals surface area contributed by atoms with Gasteiger partial charge in [0.25, 0.3) is 0 Å². The van der Waals surface area contributed by atoms with Crippen LogP contribution in [0.15, 0.2) is 24.3 Å². The Bertz CT molecular complexity index is 303. The van der Waals surface area contributed by atoms with Crippen molar-refractivity contribution >= 4 is 12.6 Å². The molecule has 3 heteroatoms. The fraction of sp³-hybridized carbons (Fsp3) is 0.500. The second kappa shape index (κ2) is 6.13. The van der Waals surface area contributed by atoms with Gasteiger partial charge in [0.05, 0.1) is 0 Å². The summed E-state index contributed by atoms with van der Waals surface area (Å²) in [5.41, 5.74) is 0.756. The molecule has 84 valence electrons. The van der Waals surface area contributed by atoms with Crippen molar-refractivity contribution < 1.29 is 4.39 Å². The average molecular weight is 227 g/mol. The van der Waals surface area contributed by atoms with E-state index in [1.54, 1.807) is 6.07 Å². The second-order valence-corrected chi connectivity index (χ2v) is 4.44. The summed E-state index contributed by atoms with van der Waals surface area (Å²) in [6.07, 6.45) is 0. The molecule has 0 saturated carbocycles. The Hall–Kier alpha value is -0.540. The van der Waals surface area contributed by atoms with Crippen LogP contribution in [0.25, 0.3) is 0 Å². The molecule has 0 aromatic heterocycles. The monoisotopic (exact) mass is 227 g/mol. The van der Waals surface area contributed by atoms with Crippen LogP contribution < -0.4 is 0 Å². The third-order valence-electron chi connectivity index (χ3n) is 2.33. The molecule has 1 aromatic carbocycles. The van der Waals surface area contributed by atoms with E-state index in [0.717, 1.165) is 17.9 Å². The van der Waals surface area contributed by atoms with Crippen molar-refractivity contribution in [3.05, 3.63) is 35.6 Å². The average Bonchev–Trinajstić information content (AvgIpc) is 2.21. The van der Waals surface area contributed by atoms with Crippen LogP contribution in [0.5, 0.6) is 0 Å². The molecule has 1 atom stereocenters. The van der Waals surface area contributed by atoms with Gasteiger partial charge >= 0.3 is 0 Å². The highest BCUT2D eigenvalue weighted by Crippen LogP contribution is 2.10. The fourth-order valence-corrected chi connectivity index (χ4v) is 1.69. The zero-order valence-electron chi connectivity index (χ0n) is 9.28. The van der Waals surface area contributed by atoms with Gasteiger partial charge in [0.15, 0.2) is 0 Å². The standard InChI is InChI=1S/C12H18FNS/c1-10(9-15)7-14(2)8-11-5-3-4-6-12(11)13/h3-6,10,15H,7-9H2,1-2H3. The molecule has 0 saturated heterocycles. The van der Waals surface area contributed by atoms with Crippen molar-refractivity contribution in [2.45, 2.75) is 13.5 Å². The quantitative estimate of drug-likeness (QED) is 0.757. The minimum absolute atomic E-state index is 0.122. The second-order valence-electron chi connectivity index (χ2n) is 4.08. The van der Waals surface area contributed by atoms with Gasteiger partial charge in [-0.25, -0.2) is 4.39 Å². The van der Waals surface area contributed by atoms with E-state index < -0.39 is 0 Å². The van der Waals surface area contributed by atoms with E-state index in [1.165, 1.54) is 6.07 Å². The number of rotatable bonds is 5. The normalized spacial score (nSPS) is 13.1. The van der Waals surface area contributed by atoms with Crippen LogP contribution in [0.1, 0.15) is 12.5 Å². The first-order chi connectivity index (χ1) is 7.13. The molecule has 0 aliphatic rings. The van der Waals surface area contributed by atoms with E-state index in [9.17, 15) is 4.39 Å². The maximum Gasteiger partial charge on any atom is 0.127 e. The van der Waals surface area contributed by atoms with Gasteiger partial charge in [-0.1, -0.05) is 25.1 Å². The molecule has 0 spiro atoms. The summed E-state index contributed by atoms with van der Waals surface area (Å²) in [5, 5.41) is 0. The van der Waals surface area contributed by atoms with Crippen molar-refractivity contribution in [1.29, 1.82) is 0 Å². The van der Waals surface area contributed by atoms with Gasteiger partial charge in [-0.05, 0) is 24.8 Å². The molecule has 0 radical (unpaired) electrons. The van der Waals surface area contributed by atoms with Crippen molar-refractivity contribution in [1.82, 2.24) is 4.90 Å². The van der Waals surface area contributed by atoms with Gasteiger partial charge in [0.1, 0.15) is 5.82 Å². The fourth-order valence-electron chi connectivity index (χ4n) is 1.57. The van der Waals surface area contributed by atoms with Crippen LogP contribution >= 0.6 is 12.6 Å². The third-order valence-corrected chi connectivity index (χ3v) is 2.96. The topological polar surface area (TPSA) is 3.24 Å². The van der Waals surface area contributed by atoms with Gasteiger partial charge < -0.3 is 4.90 Å². The molecule has 0 aliphatic heterocycles. The summed E-state index contributed by atoms with van der Waals surface area (Å²) in [6, 6.07) is 6.92.